The molecule has 4 aromatic rings. The molecular weight excluding hydrogens is 356 g/mol. The number of aryl methyl sites for hydroxylation is 1. The second-order valence-corrected chi connectivity index (χ2v) is 7.30. The van der Waals surface area contributed by atoms with Gasteiger partial charge in [-0.15, -0.1) is 11.3 Å². The van der Waals surface area contributed by atoms with Gasteiger partial charge < -0.3 is 4.74 Å². The van der Waals surface area contributed by atoms with Gasteiger partial charge in [0.2, 0.25) is 0 Å². The van der Waals surface area contributed by atoms with Gasteiger partial charge in [0.05, 0.1) is 24.7 Å². The van der Waals surface area contributed by atoms with Gasteiger partial charge in [-0.2, -0.15) is 5.10 Å². The van der Waals surface area contributed by atoms with Gasteiger partial charge >= 0.3 is 0 Å². The van der Waals surface area contributed by atoms with Crippen molar-refractivity contribution in [3.63, 3.8) is 0 Å². The molecule has 0 N–H and O–H groups in total. The van der Waals surface area contributed by atoms with E-state index in [1.165, 1.54) is 4.88 Å². The quantitative estimate of drug-likeness (QED) is 0.493. The van der Waals surface area contributed by atoms with Crippen molar-refractivity contribution < 1.29 is 4.74 Å². The second kappa shape index (κ2) is 6.46. The van der Waals surface area contributed by atoms with Crippen molar-refractivity contribution >= 4 is 34.0 Å². The van der Waals surface area contributed by atoms with E-state index in [0.717, 1.165) is 21.7 Å². The van der Waals surface area contributed by atoms with Gasteiger partial charge in [-0.1, -0.05) is 23.7 Å². The summed E-state index contributed by atoms with van der Waals surface area (Å²) in [5.74, 6) is 1.47. The van der Waals surface area contributed by atoms with Gasteiger partial charge in [-0.3, -0.25) is 4.68 Å². The number of methoxy groups -OCH3 is 1. The molecule has 0 amide bonds. The first-order valence-electron chi connectivity index (χ1n) is 7.73. The monoisotopic (exact) mass is 370 g/mol. The van der Waals surface area contributed by atoms with Crippen LogP contribution in [0.1, 0.15) is 10.4 Å². The molecule has 126 valence electrons. The number of rotatable bonds is 4. The van der Waals surface area contributed by atoms with Crippen LogP contribution in [0.3, 0.4) is 0 Å². The zero-order valence-corrected chi connectivity index (χ0v) is 15.3. The number of benzene rings is 1. The lowest BCUT2D eigenvalue weighted by Crippen LogP contribution is -1.99. The van der Waals surface area contributed by atoms with Crippen molar-refractivity contribution in [2.45, 2.75) is 13.5 Å². The van der Waals surface area contributed by atoms with Crippen molar-refractivity contribution in [3.8, 4) is 16.5 Å². The maximum atomic E-state index is 6.34. The maximum absolute atomic E-state index is 6.34. The summed E-state index contributed by atoms with van der Waals surface area (Å²) in [4.78, 5) is 11.2. The minimum absolute atomic E-state index is 0.375. The van der Waals surface area contributed by atoms with Crippen LogP contribution in [0.25, 0.3) is 21.7 Å². The molecule has 3 heterocycles. The van der Waals surface area contributed by atoms with E-state index in [2.05, 4.69) is 28.1 Å². The highest BCUT2D eigenvalue weighted by molar-refractivity contribution is 7.15. The molecule has 0 bridgehead atoms. The van der Waals surface area contributed by atoms with Gasteiger partial charge in [-0.25, -0.2) is 9.97 Å². The van der Waals surface area contributed by atoms with Gasteiger partial charge in [0, 0.05) is 4.88 Å². The number of nitrogens with zero attached hydrogens (tertiary/aromatic N) is 4. The van der Waals surface area contributed by atoms with Crippen LogP contribution in [0.5, 0.6) is 5.75 Å². The van der Waals surface area contributed by atoms with Gasteiger partial charge in [-0.05, 0) is 36.8 Å². The zero-order chi connectivity index (χ0) is 17.4. The Kier molecular flexibility index (Phi) is 4.15. The molecule has 0 saturated heterocycles. The summed E-state index contributed by atoms with van der Waals surface area (Å²) in [7, 11) is 1.66. The molecule has 0 aliphatic rings. The summed E-state index contributed by atoms with van der Waals surface area (Å²) in [6.07, 6.45) is 1.90. The van der Waals surface area contributed by atoms with Crippen LogP contribution in [-0.2, 0) is 6.54 Å². The Hall–Kier alpha value is -2.44. The van der Waals surface area contributed by atoms with Crippen molar-refractivity contribution in [1.82, 2.24) is 19.7 Å². The molecule has 0 aliphatic heterocycles. The molecule has 7 heteroatoms. The largest absolute Gasteiger partial charge is 0.497 e. The predicted molar refractivity (Wildman–Crippen MR) is 100 cm³/mol. The first kappa shape index (κ1) is 16.1. The molecule has 0 aliphatic carbocycles. The normalized spacial score (nSPS) is 11.2. The molecule has 1 aromatic carbocycles. The third kappa shape index (κ3) is 3.23. The van der Waals surface area contributed by atoms with E-state index in [1.807, 2.05) is 41.2 Å². The molecule has 3 aromatic heterocycles. The van der Waals surface area contributed by atoms with E-state index in [9.17, 15) is 0 Å². The highest BCUT2D eigenvalue weighted by Crippen LogP contribution is 2.28. The van der Waals surface area contributed by atoms with Gasteiger partial charge in [0.25, 0.3) is 0 Å². The van der Waals surface area contributed by atoms with Crippen LogP contribution in [0.15, 0.2) is 42.6 Å². The molecule has 5 nitrogen and oxygen atoms in total. The van der Waals surface area contributed by atoms with E-state index >= 15 is 0 Å². The Bertz CT molecular complexity index is 1040. The summed E-state index contributed by atoms with van der Waals surface area (Å²) in [6.45, 7) is 2.69. The average molecular weight is 371 g/mol. The summed E-state index contributed by atoms with van der Waals surface area (Å²) in [5, 5.41) is 4.90. The molecule has 0 fully saturated rings. The number of halogens is 1. The fraction of sp³-hybridized carbons (Fsp3) is 0.167. The average Bonchev–Trinajstić information content (AvgIpc) is 3.22. The Morgan fingerprint density at radius 1 is 1.12 bits per heavy atom. The SMILES string of the molecule is COc1ccc(Cn2cc3nc(-c4ccc(C)s4)nc(Cl)c3n2)cc1. The van der Waals surface area contributed by atoms with Crippen LogP contribution < -0.4 is 4.74 Å². The number of hydrogen-bond acceptors (Lipinski definition) is 5. The Morgan fingerprint density at radius 2 is 1.92 bits per heavy atom. The fourth-order valence-corrected chi connectivity index (χ4v) is 3.60. The minimum atomic E-state index is 0.375. The smallest absolute Gasteiger partial charge is 0.171 e. The van der Waals surface area contributed by atoms with Crippen molar-refractivity contribution in [1.29, 1.82) is 0 Å². The summed E-state index contributed by atoms with van der Waals surface area (Å²) in [6, 6.07) is 12.0. The van der Waals surface area contributed by atoms with Crippen LogP contribution in [0, 0.1) is 6.92 Å². The number of thiophene rings is 1. The van der Waals surface area contributed by atoms with Gasteiger partial charge in [0.15, 0.2) is 11.0 Å². The molecule has 4 rings (SSSR count). The lowest BCUT2D eigenvalue weighted by atomic mass is 10.2. The highest BCUT2D eigenvalue weighted by atomic mass is 35.5. The number of aromatic nitrogens is 4. The topological polar surface area (TPSA) is 52.8 Å². The lowest BCUT2D eigenvalue weighted by Gasteiger charge is -2.03. The van der Waals surface area contributed by atoms with Crippen LogP contribution >= 0.6 is 22.9 Å². The van der Waals surface area contributed by atoms with Crippen molar-refractivity contribution in [3.05, 3.63) is 58.2 Å². The van der Waals surface area contributed by atoms with Gasteiger partial charge in [0.1, 0.15) is 16.8 Å². The minimum Gasteiger partial charge on any atom is -0.497 e. The molecule has 0 unspecified atom stereocenters. The van der Waals surface area contributed by atoms with E-state index in [1.54, 1.807) is 18.4 Å². The fourth-order valence-electron chi connectivity index (χ4n) is 2.59. The number of fused-ring (bicyclic) bond motifs is 1. The van der Waals surface area contributed by atoms with E-state index in [0.29, 0.717) is 23.0 Å². The first-order valence-corrected chi connectivity index (χ1v) is 8.92. The Morgan fingerprint density at radius 3 is 2.60 bits per heavy atom. The summed E-state index contributed by atoms with van der Waals surface area (Å²) < 4.78 is 7.01. The molecular formula is C18H15ClN4OS. The van der Waals surface area contributed by atoms with Crippen LogP contribution in [-0.4, -0.2) is 26.9 Å². The molecule has 0 spiro atoms. The number of ether oxygens (including phenoxy) is 1. The molecule has 0 radical (unpaired) electrons. The van der Waals surface area contributed by atoms with Crippen LogP contribution in [0.2, 0.25) is 5.15 Å². The zero-order valence-electron chi connectivity index (χ0n) is 13.7. The molecule has 0 atom stereocenters. The summed E-state index contributed by atoms with van der Waals surface area (Å²) in [5.41, 5.74) is 2.48. The maximum Gasteiger partial charge on any atom is 0.171 e. The number of hydrogen-bond donors (Lipinski definition) is 0. The van der Waals surface area contributed by atoms with Crippen LogP contribution in [0.4, 0.5) is 0 Å². The third-order valence-electron chi connectivity index (χ3n) is 3.83. The standard InChI is InChI=1S/C18H15ClN4OS/c1-11-3-8-15(25-11)18-20-14-10-23(22-16(14)17(19)21-18)9-12-4-6-13(24-2)7-5-12/h3-8,10H,9H2,1-2H3. The van der Waals surface area contributed by atoms with E-state index < -0.39 is 0 Å². The summed E-state index contributed by atoms with van der Waals surface area (Å²) >= 11 is 7.98. The lowest BCUT2D eigenvalue weighted by molar-refractivity contribution is 0.414. The Balaban J connectivity index is 1.68. The first-order chi connectivity index (χ1) is 12.1. The van der Waals surface area contributed by atoms with E-state index in [4.69, 9.17) is 16.3 Å². The highest BCUT2D eigenvalue weighted by Gasteiger charge is 2.13. The van der Waals surface area contributed by atoms with E-state index in [-0.39, 0.29) is 0 Å². The second-order valence-electron chi connectivity index (χ2n) is 5.66. The third-order valence-corrected chi connectivity index (χ3v) is 5.09. The molecule has 25 heavy (non-hydrogen) atoms. The molecule has 0 saturated carbocycles. The predicted octanol–water partition coefficient (Wildman–Crippen LogP) is 4.57. The van der Waals surface area contributed by atoms with Crippen molar-refractivity contribution in [2.24, 2.45) is 0 Å². The van der Waals surface area contributed by atoms with Crippen molar-refractivity contribution in [2.75, 3.05) is 7.11 Å². The Labute approximate surface area is 153 Å².